The summed E-state index contributed by atoms with van der Waals surface area (Å²) >= 11 is 0. The molecule has 7 nitrogen and oxygen atoms in total. The number of nitro benzene ring substituents is 1. The molecule has 19 heavy (non-hydrogen) atoms. The van der Waals surface area contributed by atoms with E-state index in [4.69, 9.17) is 4.52 Å². The first-order chi connectivity index (χ1) is 9.06. The van der Waals surface area contributed by atoms with Gasteiger partial charge in [0.15, 0.2) is 5.82 Å². The number of benzene rings is 1. The van der Waals surface area contributed by atoms with Crippen LogP contribution in [0.25, 0.3) is 0 Å². The van der Waals surface area contributed by atoms with E-state index in [1.807, 2.05) is 0 Å². The van der Waals surface area contributed by atoms with Crippen molar-refractivity contribution in [3.63, 3.8) is 0 Å². The average Bonchev–Trinajstić information content (AvgIpc) is 2.77. The molecule has 0 atom stereocenters. The highest BCUT2D eigenvalue weighted by molar-refractivity contribution is 5.54. The van der Waals surface area contributed by atoms with Gasteiger partial charge in [-0.05, 0) is 19.9 Å². The molecule has 0 radical (unpaired) electrons. The minimum Gasteiger partial charge on any atom is -0.384 e. The van der Waals surface area contributed by atoms with Gasteiger partial charge in [0.1, 0.15) is 0 Å². The first-order valence-corrected chi connectivity index (χ1v) is 5.84. The first-order valence-electron chi connectivity index (χ1n) is 5.84. The summed E-state index contributed by atoms with van der Waals surface area (Å²) in [5.74, 6) is 1.15. The number of nitrogens with zero attached hydrogens (tertiary/aromatic N) is 3. The third-order valence-corrected chi connectivity index (χ3v) is 2.64. The van der Waals surface area contributed by atoms with Gasteiger partial charge in [0.2, 0.25) is 5.89 Å². The summed E-state index contributed by atoms with van der Waals surface area (Å²) < 4.78 is 4.97. The Balaban J connectivity index is 1.96. The van der Waals surface area contributed by atoms with Gasteiger partial charge in [-0.25, -0.2) is 0 Å². The van der Waals surface area contributed by atoms with Gasteiger partial charge >= 0.3 is 0 Å². The Kier molecular flexibility index (Phi) is 3.74. The fourth-order valence-corrected chi connectivity index (χ4v) is 1.67. The zero-order valence-electron chi connectivity index (χ0n) is 10.7. The molecule has 0 spiro atoms. The largest absolute Gasteiger partial charge is 0.384 e. The molecule has 0 unspecified atom stereocenters. The topological polar surface area (TPSA) is 94.1 Å². The summed E-state index contributed by atoms with van der Waals surface area (Å²) in [4.78, 5) is 14.5. The third-order valence-electron chi connectivity index (χ3n) is 2.64. The van der Waals surface area contributed by atoms with Crippen molar-refractivity contribution in [1.29, 1.82) is 0 Å². The van der Waals surface area contributed by atoms with Crippen LogP contribution >= 0.6 is 0 Å². The molecule has 0 amide bonds. The molecule has 2 rings (SSSR count). The maximum atomic E-state index is 10.8. The lowest BCUT2D eigenvalue weighted by atomic mass is 10.2. The molecular weight excluding hydrogens is 248 g/mol. The van der Waals surface area contributed by atoms with Crippen molar-refractivity contribution < 1.29 is 9.45 Å². The van der Waals surface area contributed by atoms with E-state index in [-0.39, 0.29) is 10.6 Å². The number of hydrogen-bond donors (Lipinski definition) is 1. The molecule has 0 aliphatic carbocycles. The lowest BCUT2D eigenvalue weighted by Crippen LogP contribution is -2.05. The molecule has 0 bridgehead atoms. The van der Waals surface area contributed by atoms with Gasteiger partial charge in [0.05, 0.1) is 4.92 Å². The molecule has 0 fully saturated rings. The Morgan fingerprint density at radius 2 is 2.21 bits per heavy atom. The number of aryl methyl sites for hydroxylation is 2. The van der Waals surface area contributed by atoms with E-state index < -0.39 is 0 Å². The monoisotopic (exact) mass is 262 g/mol. The SMILES string of the molecule is Cc1noc(CCNc2ccc(C)c([N+](=O)[O-])c2)n1. The second-order valence-electron chi connectivity index (χ2n) is 4.17. The van der Waals surface area contributed by atoms with Crippen LogP contribution in [0.3, 0.4) is 0 Å². The molecule has 0 saturated carbocycles. The molecule has 2 aromatic rings. The number of anilines is 1. The van der Waals surface area contributed by atoms with Crippen molar-refractivity contribution >= 4 is 11.4 Å². The highest BCUT2D eigenvalue weighted by atomic mass is 16.6. The van der Waals surface area contributed by atoms with E-state index in [9.17, 15) is 10.1 Å². The molecule has 0 aliphatic heterocycles. The molecule has 0 saturated heterocycles. The second-order valence-corrected chi connectivity index (χ2v) is 4.17. The van der Waals surface area contributed by atoms with Crippen molar-refractivity contribution in [2.75, 3.05) is 11.9 Å². The molecule has 7 heteroatoms. The highest BCUT2D eigenvalue weighted by Crippen LogP contribution is 2.22. The Bertz CT molecular complexity index is 594. The lowest BCUT2D eigenvalue weighted by Gasteiger charge is -2.05. The Morgan fingerprint density at radius 3 is 2.84 bits per heavy atom. The van der Waals surface area contributed by atoms with Crippen LogP contribution in [0.5, 0.6) is 0 Å². The van der Waals surface area contributed by atoms with Gasteiger partial charge in [0, 0.05) is 30.3 Å². The van der Waals surface area contributed by atoms with E-state index in [2.05, 4.69) is 15.5 Å². The summed E-state index contributed by atoms with van der Waals surface area (Å²) in [5.41, 5.74) is 1.45. The fraction of sp³-hybridized carbons (Fsp3) is 0.333. The molecule has 1 aromatic carbocycles. The smallest absolute Gasteiger partial charge is 0.274 e. The van der Waals surface area contributed by atoms with Crippen molar-refractivity contribution in [3.05, 3.63) is 45.6 Å². The summed E-state index contributed by atoms with van der Waals surface area (Å²) in [6.07, 6.45) is 0.572. The van der Waals surface area contributed by atoms with Crippen LogP contribution in [0.1, 0.15) is 17.3 Å². The number of aromatic nitrogens is 2. The number of nitrogens with one attached hydrogen (secondary N) is 1. The average molecular weight is 262 g/mol. The van der Waals surface area contributed by atoms with Gasteiger partial charge in [-0.3, -0.25) is 10.1 Å². The first kappa shape index (κ1) is 13.0. The number of rotatable bonds is 5. The van der Waals surface area contributed by atoms with Crippen LogP contribution in [0.2, 0.25) is 0 Å². The van der Waals surface area contributed by atoms with Crippen LogP contribution in [-0.4, -0.2) is 21.6 Å². The van der Waals surface area contributed by atoms with Gasteiger partial charge in [-0.2, -0.15) is 4.98 Å². The zero-order valence-corrected chi connectivity index (χ0v) is 10.7. The van der Waals surface area contributed by atoms with Crippen molar-refractivity contribution in [2.24, 2.45) is 0 Å². The summed E-state index contributed by atoms with van der Waals surface area (Å²) in [5, 5.41) is 17.6. The Labute approximate surface area is 109 Å². The summed E-state index contributed by atoms with van der Waals surface area (Å²) in [6.45, 7) is 4.04. The van der Waals surface area contributed by atoms with Crippen LogP contribution < -0.4 is 5.32 Å². The van der Waals surface area contributed by atoms with Crippen molar-refractivity contribution in [2.45, 2.75) is 20.3 Å². The predicted molar refractivity (Wildman–Crippen MR) is 69.1 cm³/mol. The number of nitro groups is 1. The Hall–Kier alpha value is -2.44. The highest BCUT2D eigenvalue weighted by Gasteiger charge is 2.10. The Morgan fingerprint density at radius 1 is 1.42 bits per heavy atom. The van der Waals surface area contributed by atoms with E-state index in [1.54, 1.807) is 26.0 Å². The zero-order chi connectivity index (χ0) is 13.8. The maximum absolute atomic E-state index is 10.8. The normalized spacial score (nSPS) is 10.4. The standard InChI is InChI=1S/C12H14N4O3/c1-8-3-4-10(7-11(8)16(17)18)13-6-5-12-14-9(2)15-19-12/h3-4,7,13H,5-6H2,1-2H3. The van der Waals surface area contributed by atoms with Gasteiger partial charge in [-0.15, -0.1) is 0 Å². The number of hydrogen-bond acceptors (Lipinski definition) is 6. The minimum atomic E-state index is -0.387. The van der Waals surface area contributed by atoms with Crippen LogP contribution in [0, 0.1) is 24.0 Å². The minimum absolute atomic E-state index is 0.110. The van der Waals surface area contributed by atoms with Gasteiger partial charge in [-0.1, -0.05) is 11.2 Å². The van der Waals surface area contributed by atoms with Gasteiger partial charge in [0.25, 0.3) is 5.69 Å². The molecule has 1 N–H and O–H groups in total. The van der Waals surface area contributed by atoms with Crippen molar-refractivity contribution in [1.82, 2.24) is 10.1 Å². The lowest BCUT2D eigenvalue weighted by molar-refractivity contribution is -0.385. The molecule has 1 aromatic heterocycles. The van der Waals surface area contributed by atoms with Gasteiger partial charge < -0.3 is 9.84 Å². The fourth-order valence-electron chi connectivity index (χ4n) is 1.67. The van der Waals surface area contributed by atoms with Crippen LogP contribution in [-0.2, 0) is 6.42 Å². The van der Waals surface area contributed by atoms with E-state index in [1.165, 1.54) is 6.07 Å². The van der Waals surface area contributed by atoms with Crippen molar-refractivity contribution in [3.8, 4) is 0 Å². The summed E-state index contributed by atoms with van der Waals surface area (Å²) in [7, 11) is 0. The molecule has 100 valence electrons. The second kappa shape index (κ2) is 5.47. The van der Waals surface area contributed by atoms with Crippen LogP contribution in [0.4, 0.5) is 11.4 Å². The van der Waals surface area contributed by atoms with Crippen LogP contribution in [0.15, 0.2) is 22.7 Å². The maximum Gasteiger partial charge on any atom is 0.274 e. The molecule has 1 heterocycles. The van der Waals surface area contributed by atoms with E-state index >= 15 is 0 Å². The molecule has 0 aliphatic rings. The quantitative estimate of drug-likeness (QED) is 0.656. The van der Waals surface area contributed by atoms with E-state index in [0.29, 0.717) is 35.9 Å². The molecular formula is C12H14N4O3. The predicted octanol–water partition coefficient (Wildman–Crippen LogP) is 2.25. The summed E-state index contributed by atoms with van der Waals surface area (Å²) in [6, 6.07) is 5.05. The van der Waals surface area contributed by atoms with E-state index in [0.717, 1.165) is 0 Å². The third kappa shape index (κ3) is 3.27.